The number of carbonyl (C=O) groups excluding carboxylic acids is 1. The van der Waals surface area contributed by atoms with Crippen LogP contribution in [0.25, 0.3) is 11.2 Å². The molecule has 1 unspecified atom stereocenters. The number of benzene rings is 3. The number of ether oxygens (including phenoxy) is 5. The van der Waals surface area contributed by atoms with E-state index in [0.29, 0.717) is 11.5 Å². The van der Waals surface area contributed by atoms with Gasteiger partial charge in [-0.2, -0.15) is 4.98 Å². The van der Waals surface area contributed by atoms with E-state index in [0.717, 1.165) is 16.7 Å². The highest BCUT2D eigenvalue weighted by Crippen LogP contribution is 2.43. The van der Waals surface area contributed by atoms with Gasteiger partial charge in [0.25, 0.3) is 5.56 Å². The lowest BCUT2D eigenvalue weighted by molar-refractivity contribution is -0.166. The first-order chi connectivity index (χ1) is 26.4. The molecular formula is C39H41N5O11. The minimum atomic E-state index is -1.72. The number of H-pyrrole nitrogens is 1. The number of carboxylic acid groups (broad SMARTS) is 2. The van der Waals surface area contributed by atoms with E-state index in [1.165, 1.54) is 10.9 Å². The average molecular weight is 756 g/mol. The fraction of sp³-hybridized carbons (Fsp3) is 0.333. The van der Waals surface area contributed by atoms with Crippen LogP contribution < -0.4 is 20.3 Å². The van der Waals surface area contributed by atoms with Crippen molar-refractivity contribution in [3.63, 3.8) is 0 Å². The van der Waals surface area contributed by atoms with Crippen LogP contribution in [0.3, 0.4) is 0 Å². The van der Waals surface area contributed by atoms with Crippen LogP contribution in [0.4, 0.5) is 5.95 Å². The number of nitrogens with zero attached hydrogens (tertiary/aromatic N) is 3. The molecule has 1 saturated heterocycles. The van der Waals surface area contributed by atoms with Crippen molar-refractivity contribution in [3.05, 3.63) is 112 Å². The first-order valence-electron chi connectivity index (χ1n) is 17.4. The SMILES string of the molecule is COc1ccc(C(OC[C@H]2O[C@@H](n3cnc4c(=O)[nH]c(NC(=O)C(C)C)nc43)C[C@@H]2OC(CC(=O)O)C(=O)O)(c2ccccc2)c2ccc(OC)cc2)cc1. The number of rotatable bonds is 16. The molecule has 0 saturated carbocycles. The number of nitrogens with one attached hydrogen (secondary N) is 2. The fourth-order valence-corrected chi connectivity index (χ4v) is 6.47. The quantitative estimate of drug-likeness (QED) is 0.103. The number of carboxylic acids is 2. The van der Waals surface area contributed by atoms with Gasteiger partial charge in [-0.15, -0.1) is 0 Å². The third-order valence-electron chi connectivity index (χ3n) is 9.30. The van der Waals surface area contributed by atoms with Gasteiger partial charge in [0, 0.05) is 12.3 Å². The van der Waals surface area contributed by atoms with Crippen LogP contribution in [-0.4, -0.2) is 86.7 Å². The summed E-state index contributed by atoms with van der Waals surface area (Å²) in [5.41, 5.74) is 0.387. The van der Waals surface area contributed by atoms with E-state index in [9.17, 15) is 29.4 Å². The Morgan fingerprint density at radius 2 is 1.55 bits per heavy atom. The molecule has 0 aliphatic carbocycles. The first-order valence-corrected chi connectivity index (χ1v) is 17.4. The third kappa shape index (κ3) is 8.21. The Morgan fingerprint density at radius 3 is 2.09 bits per heavy atom. The van der Waals surface area contributed by atoms with Crippen LogP contribution in [0.15, 0.2) is 90.0 Å². The maximum absolute atomic E-state index is 13.0. The number of amides is 1. The predicted molar refractivity (Wildman–Crippen MR) is 197 cm³/mol. The van der Waals surface area contributed by atoms with Crippen LogP contribution in [-0.2, 0) is 34.2 Å². The molecule has 16 nitrogen and oxygen atoms in total. The molecule has 16 heteroatoms. The number of aromatic amines is 1. The van der Waals surface area contributed by atoms with E-state index in [-0.39, 0.29) is 36.0 Å². The van der Waals surface area contributed by atoms with Gasteiger partial charge in [-0.25, -0.2) is 9.78 Å². The van der Waals surface area contributed by atoms with E-state index in [4.69, 9.17) is 23.7 Å². The normalized spacial score (nSPS) is 17.6. The van der Waals surface area contributed by atoms with Gasteiger partial charge in [-0.1, -0.05) is 68.4 Å². The summed E-state index contributed by atoms with van der Waals surface area (Å²) in [6, 6.07) is 24.3. The molecule has 1 amide bonds. The molecule has 0 radical (unpaired) electrons. The molecule has 0 spiro atoms. The van der Waals surface area contributed by atoms with Gasteiger partial charge in [0.05, 0.1) is 39.7 Å². The number of carbonyl (C=O) groups is 3. The molecule has 6 rings (SSSR count). The second kappa shape index (κ2) is 16.5. The van der Waals surface area contributed by atoms with Gasteiger partial charge in [0.2, 0.25) is 11.9 Å². The van der Waals surface area contributed by atoms with Crippen molar-refractivity contribution in [1.29, 1.82) is 0 Å². The molecule has 1 fully saturated rings. The summed E-state index contributed by atoms with van der Waals surface area (Å²) in [6.45, 7) is 3.19. The number of methoxy groups -OCH3 is 2. The second-order valence-corrected chi connectivity index (χ2v) is 13.2. The van der Waals surface area contributed by atoms with Crippen molar-refractivity contribution in [1.82, 2.24) is 19.5 Å². The summed E-state index contributed by atoms with van der Waals surface area (Å²) >= 11 is 0. The molecule has 3 aromatic carbocycles. The van der Waals surface area contributed by atoms with E-state index in [1.54, 1.807) is 28.1 Å². The Kier molecular flexibility index (Phi) is 11.6. The highest BCUT2D eigenvalue weighted by molar-refractivity contribution is 5.91. The molecule has 4 N–H and O–H groups in total. The Hall–Kier alpha value is -6.10. The van der Waals surface area contributed by atoms with Gasteiger partial charge in [0.15, 0.2) is 17.3 Å². The van der Waals surface area contributed by atoms with Crippen molar-refractivity contribution < 1.29 is 48.3 Å². The molecule has 1 aliphatic rings. The number of aliphatic carboxylic acids is 2. The molecule has 3 heterocycles. The summed E-state index contributed by atoms with van der Waals surface area (Å²) in [5, 5.41) is 22.0. The highest BCUT2D eigenvalue weighted by Gasteiger charge is 2.44. The van der Waals surface area contributed by atoms with Crippen LogP contribution in [0.1, 0.15) is 49.6 Å². The molecule has 4 atom stereocenters. The summed E-state index contributed by atoms with van der Waals surface area (Å²) < 4.78 is 32.0. The maximum atomic E-state index is 13.0. The van der Waals surface area contributed by atoms with Crippen molar-refractivity contribution in [2.45, 2.75) is 56.8 Å². The van der Waals surface area contributed by atoms with Gasteiger partial charge in [-0.3, -0.25) is 29.3 Å². The molecular weight excluding hydrogens is 714 g/mol. The first kappa shape index (κ1) is 38.6. The molecule has 1 aliphatic heterocycles. The number of imidazole rings is 1. The fourth-order valence-electron chi connectivity index (χ4n) is 6.47. The predicted octanol–water partition coefficient (Wildman–Crippen LogP) is 4.34. The van der Waals surface area contributed by atoms with Crippen LogP contribution in [0.2, 0.25) is 0 Å². The van der Waals surface area contributed by atoms with E-state index in [1.807, 2.05) is 78.9 Å². The zero-order valence-electron chi connectivity index (χ0n) is 30.5. The smallest absolute Gasteiger partial charge is 0.333 e. The van der Waals surface area contributed by atoms with Crippen molar-refractivity contribution in [3.8, 4) is 11.5 Å². The maximum Gasteiger partial charge on any atom is 0.333 e. The molecule has 288 valence electrons. The Balaban J connectivity index is 1.42. The Labute approximate surface area is 315 Å². The van der Waals surface area contributed by atoms with Crippen LogP contribution in [0, 0.1) is 5.92 Å². The lowest BCUT2D eigenvalue weighted by Gasteiger charge is -2.37. The summed E-state index contributed by atoms with van der Waals surface area (Å²) in [4.78, 5) is 60.5. The minimum absolute atomic E-state index is 0.00550. The minimum Gasteiger partial charge on any atom is -0.497 e. The van der Waals surface area contributed by atoms with Gasteiger partial charge >= 0.3 is 11.9 Å². The zero-order valence-corrected chi connectivity index (χ0v) is 30.5. The summed E-state index contributed by atoms with van der Waals surface area (Å²) in [5.74, 6) is -2.44. The molecule has 55 heavy (non-hydrogen) atoms. The summed E-state index contributed by atoms with van der Waals surface area (Å²) in [6.07, 6.45) is -4.12. The number of hydrogen-bond donors (Lipinski definition) is 4. The molecule has 2 aromatic heterocycles. The third-order valence-corrected chi connectivity index (χ3v) is 9.30. The van der Waals surface area contributed by atoms with Crippen molar-refractivity contribution in [2.75, 3.05) is 26.1 Å². The highest BCUT2D eigenvalue weighted by atomic mass is 16.6. The second-order valence-electron chi connectivity index (χ2n) is 13.2. The lowest BCUT2D eigenvalue weighted by Crippen LogP contribution is -2.40. The van der Waals surface area contributed by atoms with Gasteiger partial charge in [-0.05, 0) is 41.0 Å². The zero-order chi connectivity index (χ0) is 39.3. The van der Waals surface area contributed by atoms with E-state index in [2.05, 4.69) is 20.3 Å². The Bertz CT molecular complexity index is 2140. The number of aromatic nitrogens is 4. The number of fused-ring (bicyclic) bond motifs is 1. The average Bonchev–Trinajstić information content (AvgIpc) is 3.79. The topological polar surface area (TPSA) is 213 Å². The van der Waals surface area contributed by atoms with E-state index < -0.39 is 60.0 Å². The van der Waals surface area contributed by atoms with Crippen molar-refractivity contribution >= 4 is 35.0 Å². The van der Waals surface area contributed by atoms with E-state index >= 15 is 0 Å². The van der Waals surface area contributed by atoms with Crippen LogP contribution in [0.5, 0.6) is 11.5 Å². The van der Waals surface area contributed by atoms with Crippen molar-refractivity contribution in [2.24, 2.45) is 5.92 Å². The number of anilines is 1. The largest absolute Gasteiger partial charge is 0.497 e. The molecule has 5 aromatic rings. The van der Waals surface area contributed by atoms with Crippen LogP contribution >= 0.6 is 0 Å². The van der Waals surface area contributed by atoms with Gasteiger partial charge < -0.3 is 33.9 Å². The number of hydrogen-bond acceptors (Lipinski definition) is 11. The standard InChI is InChI=1S/C39H41N5O11/c1-22(2)35(47)42-38-41-34-33(36(48)43-38)40-21-44(34)31-18-28(54-29(37(49)50)19-32(45)46)30(55-31)20-53-39(23-8-6-5-7-9-23,24-10-14-26(51-3)15-11-24)25-12-16-27(52-4)17-13-25/h5-17,21-22,28-31H,18-20H2,1-4H3,(H,45,46)(H,49,50)(H2,41,42,43,47,48)/t28-,29?,30+,31+/m0/s1. The van der Waals surface area contributed by atoms with Gasteiger partial charge in [0.1, 0.15) is 29.4 Å². The monoisotopic (exact) mass is 755 g/mol. The Morgan fingerprint density at radius 1 is 0.945 bits per heavy atom. The lowest BCUT2D eigenvalue weighted by atomic mass is 9.80. The molecule has 0 bridgehead atoms. The summed E-state index contributed by atoms with van der Waals surface area (Å²) in [7, 11) is 3.14.